The number of hydrogen-bond donors (Lipinski definition) is 1. The van der Waals surface area contributed by atoms with Gasteiger partial charge in [-0.2, -0.15) is 0 Å². The van der Waals surface area contributed by atoms with E-state index in [1.807, 2.05) is 4.90 Å². The van der Waals surface area contributed by atoms with Gasteiger partial charge in [0.2, 0.25) is 11.8 Å². The first-order valence-corrected chi connectivity index (χ1v) is 6.30. The van der Waals surface area contributed by atoms with Crippen molar-refractivity contribution in [2.75, 3.05) is 33.7 Å². The Morgan fingerprint density at radius 1 is 1.44 bits per heavy atom. The molecule has 0 aromatic rings. The van der Waals surface area contributed by atoms with E-state index in [9.17, 15) is 9.59 Å². The number of halogens is 1. The molecule has 0 spiro atoms. The Hall–Kier alpha value is -0.810. The average Bonchev–Trinajstić information content (AvgIpc) is 3.07. The van der Waals surface area contributed by atoms with Crippen LogP contribution in [0.5, 0.6) is 0 Å². The van der Waals surface area contributed by atoms with Crippen molar-refractivity contribution >= 4 is 24.2 Å². The van der Waals surface area contributed by atoms with Crippen LogP contribution in [0.15, 0.2) is 0 Å². The molecule has 104 valence electrons. The molecule has 1 heterocycles. The number of hydrogen-bond acceptors (Lipinski definition) is 3. The number of nitrogens with zero attached hydrogens (tertiary/aromatic N) is 2. The van der Waals surface area contributed by atoms with E-state index in [-0.39, 0.29) is 36.7 Å². The second kappa shape index (κ2) is 6.38. The van der Waals surface area contributed by atoms with Crippen molar-refractivity contribution in [2.45, 2.75) is 25.3 Å². The summed E-state index contributed by atoms with van der Waals surface area (Å²) in [5.41, 5.74) is 0. The van der Waals surface area contributed by atoms with Gasteiger partial charge >= 0.3 is 0 Å². The van der Waals surface area contributed by atoms with E-state index in [1.165, 1.54) is 17.7 Å². The molecule has 1 atom stereocenters. The smallest absolute Gasteiger partial charge is 0.240 e. The summed E-state index contributed by atoms with van der Waals surface area (Å²) in [4.78, 5) is 27.2. The van der Waals surface area contributed by atoms with Gasteiger partial charge in [0.05, 0.1) is 12.5 Å². The van der Waals surface area contributed by atoms with Crippen LogP contribution < -0.4 is 5.32 Å². The zero-order chi connectivity index (χ0) is 12.4. The molecule has 1 aliphatic carbocycles. The van der Waals surface area contributed by atoms with E-state index >= 15 is 0 Å². The predicted octanol–water partition coefficient (Wildman–Crippen LogP) is 0.0969. The normalized spacial score (nSPS) is 23.6. The second-order valence-corrected chi connectivity index (χ2v) is 5.23. The first kappa shape index (κ1) is 15.2. The Bertz CT molecular complexity index is 318. The zero-order valence-corrected chi connectivity index (χ0v) is 11.8. The number of piperazine rings is 1. The van der Waals surface area contributed by atoms with E-state index in [2.05, 4.69) is 5.32 Å². The summed E-state index contributed by atoms with van der Waals surface area (Å²) in [7, 11) is 3.44. The topological polar surface area (TPSA) is 52.7 Å². The molecule has 2 amide bonds. The summed E-state index contributed by atoms with van der Waals surface area (Å²) in [6.07, 6.45) is 2.77. The average molecular weight is 276 g/mol. The Morgan fingerprint density at radius 3 is 2.67 bits per heavy atom. The maximum absolute atomic E-state index is 12.1. The van der Waals surface area contributed by atoms with Crippen LogP contribution in [0.2, 0.25) is 0 Å². The molecule has 1 saturated heterocycles. The van der Waals surface area contributed by atoms with Crippen molar-refractivity contribution in [3.63, 3.8) is 0 Å². The van der Waals surface area contributed by atoms with Crippen molar-refractivity contribution in [1.29, 1.82) is 0 Å². The number of carbonyl (C=O) groups is 2. The molecule has 2 fully saturated rings. The van der Waals surface area contributed by atoms with Crippen LogP contribution in [0.3, 0.4) is 0 Å². The Morgan fingerprint density at radius 2 is 2.11 bits per heavy atom. The SMILES string of the molecule is CN(C)C(=O)CC1NCCN(CC2CC2)C1=O.Cl. The summed E-state index contributed by atoms with van der Waals surface area (Å²) in [6.45, 7) is 2.46. The molecule has 2 aliphatic rings. The van der Waals surface area contributed by atoms with Crippen molar-refractivity contribution in [3.05, 3.63) is 0 Å². The van der Waals surface area contributed by atoms with Crippen LogP contribution in [-0.2, 0) is 9.59 Å². The van der Waals surface area contributed by atoms with E-state index in [1.54, 1.807) is 14.1 Å². The van der Waals surface area contributed by atoms with Crippen LogP contribution in [0.1, 0.15) is 19.3 Å². The molecule has 1 aliphatic heterocycles. The summed E-state index contributed by atoms with van der Waals surface area (Å²) in [6, 6.07) is -0.322. The molecule has 6 heteroatoms. The molecule has 5 nitrogen and oxygen atoms in total. The third-order valence-corrected chi connectivity index (χ3v) is 3.44. The van der Waals surface area contributed by atoms with Crippen LogP contribution >= 0.6 is 12.4 Å². The van der Waals surface area contributed by atoms with Gasteiger partial charge in [0, 0.05) is 33.7 Å². The summed E-state index contributed by atoms with van der Waals surface area (Å²) in [5.74, 6) is 0.810. The second-order valence-electron chi connectivity index (χ2n) is 5.23. The number of rotatable bonds is 4. The molecule has 0 aromatic carbocycles. The fourth-order valence-electron chi connectivity index (χ4n) is 2.10. The maximum Gasteiger partial charge on any atom is 0.240 e. The minimum absolute atomic E-state index is 0. The molecule has 2 rings (SSSR count). The third kappa shape index (κ3) is 3.85. The molecule has 1 saturated carbocycles. The lowest BCUT2D eigenvalue weighted by molar-refractivity contribution is -0.140. The lowest BCUT2D eigenvalue weighted by Gasteiger charge is -2.33. The van der Waals surface area contributed by atoms with Crippen molar-refractivity contribution in [1.82, 2.24) is 15.1 Å². The van der Waals surface area contributed by atoms with Gasteiger partial charge in [-0.3, -0.25) is 9.59 Å². The van der Waals surface area contributed by atoms with Gasteiger partial charge in [-0.15, -0.1) is 12.4 Å². The Labute approximate surface area is 114 Å². The highest BCUT2D eigenvalue weighted by Crippen LogP contribution is 2.30. The quantitative estimate of drug-likeness (QED) is 0.792. The number of nitrogens with one attached hydrogen (secondary N) is 1. The van der Waals surface area contributed by atoms with E-state index in [4.69, 9.17) is 0 Å². The first-order valence-electron chi connectivity index (χ1n) is 6.30. The third-order valence-electron chi connectivity index (χ3n) is 3.44. The predicted molar refractivity (Wildman–Crippen MR) is 71.7 cm³/mol. The Kier molecular flexibility index (Phi) is 5.41. The summed E-state index contributed by atoms with van der Waals surface area (Å²) >= 11 is 0. The van der Waals surface area contributed by atoms with Gasteiger partial charge in [0.15, 0.2) is 0 Å². The van der Waals surface area contributed by atoms with Crippen LogP contribution in [-0.4, -0.2) is 61.4 Å². The molecule has 0 bridgehead atoms. The van der Waals surface area contributed by atoms with E-state index in [0.717, 1.165) is 19.6 Å². The minimum atomic E-state index is -0.322. The number of amides is 2. The van der Waals surface area contributed by atoms with Gasteiger partial charge < -0.3 is 15.1 Å². The van der Waals surface area contributed by atoms with Crippen molar-refractivity contribution < 1.29 is 9.59 Å². The van der Waals surface area contributed by atoms with Crippen LogP contribution in [0, 0.1) is 5.92 Å². The maximum atomic E-state index is 12.1. The lowest BCUT2D eigenvalue weighted by atomic mass is 10.1. The molecular weight excluding hydrogens is 254 g/mol. The lowest BCUT2D eigenvalue weighted by Crippen LogP contribution is -2.56. The Balaban J connectivity index is 0.00000162. The summed E-state index contributed by atoms with van der Waals surface area (Å²) < 4.78 is 0. The van der Waals surface area contributed by atoms with Gasteiger partial charge in [0.25, 0.3) is 0 Å². The highest BCUT2D eigenvalue weighted by Gasteiger charge is 2.33. The van der Waals surface area contributed by atoms with Gasteiger partial charge in [-0.1, -0.05) is 0 Å². The fourth-order valence-corrected chi connectivity index (χ4v) is 2.10. The molecule has 0 aromatic heterocycles. The standard InChI is InChI=1S/C12H21N3O2.ClH/c1-14(2)11(16)7-10-12(17)15(6-5-13-10)8-9-3-4-9;/h9-10,13H,3-8H2,1-2H3;1H. The summed E-state index contributed by atoms with van der Waals surface area (Å²) in [5, 5.41) is 3.14. The number of carbonyl (C=O) groups excluding carboxylic acids is 2. The molecular formula is C12H22ClN3O2. The van der Waals surface area contributed by atoms with Gasteiger partial charge in [-0.05, 0) is 18.8 Å². The van der Waals surface area contributed by atoms with Gasteiger partial charge in [0.1, 0.15) is 0 Å². The molecule has 0 radical (unpaired) electrons. The van der Waals surface area contributed by atoms with Crippen LogP contribution in [0.25, 0.3) is 0 Å². The largest absolute Gasteiger partial charge is 0.349 e. The molecule has 18 heavy (non-hydrogen) atoms. The highest BCUT2D eigenvalue weighted by molar-refractivity contribution is 5.88. The van der Waals surface area contributed by atoms with E-state index in [0.29, 0.717) is 5.92 Å². The first-order chi connectivity index (χ1) is 8.08. The van der Waals surface area contributed by atoms with E-state index < -0.39 is 0 Å². The monoisotopic (exact) mass is 275 g/mol. The van der Waals surface area contributed by atoms with Crippen molar-refractivity contribution in [2.24, 2.45) is 5.92 Å². The fraction of sp³-hybridized carbons (Fsp3) is 0.833. The van der Waals surface area contributed by atoms with Crippen molar-refractivity contribution in [3.8, 4) is 0 Å². The zero-order valence-electron chi connectivity index (χ0n) is 11.0. The van der Waals surface area contributed by atoms with Gasteiger partial charge in [-0.25, -0.2) is 0 Å². The highest BCUT2D eigenvalue weighted by atomic mass is 35.5. The molecule has 1 unspecified atom stereocenters. The minimum Gasteiger partial charge on any atom is -0.349 e. The molecule has 1 N–H and O–H groups in total. The van der Waals surface area contributed by atoms with Crippen LogP contribution in [0.4, 0.5) is 0 Å².